The van der Waals surface area contributed by atoms with Crippen LogP contribution in [-0.2, 0) is 21.2 Å². The number of nitrogens with one attached hydrogen (secondary N) is 1. The third kappa shape index (κ3) is 4.73. The molecule has 0 heterocycles. The molecule has 1 aromatic rings. The van der Waals surface area contributed by atoms with Gasteiger partial charge >= 0.3 is 0 Å². The van der Waals surface area contributed by atoms with E-state index in [4.69, 9.17) is 10.5 Å². The van der Waals surface area contributed by atoms with Gasteiger partial charge in [0.2, 0.25) is 10.0 Å². The summed E-state index contributed by atoms with van der Waals surface area (Å²) in [5, 5.41) is 0. The Morgan fingerprint density at radius 1 is 1.33 bits per heavy atom. The van der Waals surface area contributed by atoms with Crippen molar-refractivity contribution in [2.45, 2.75) is 24.3 Å². The summed E-state index contributed by atoms with van der Waals surface area (Å²) in [5.74, 6) is 0. The molecule has 18 heavy (non-hydrogen) atoms. The second-order valence-electron chi connectivity index (χ2n) is 4.22. The van der Waals surface area contributed by atoms with Gasteiger partial charge in [-0.1, -0.05) is 12.1 Å². The van der Waals surface area contributed by atoms with Crippen LogP contribution in [0.3, 0.4) is 0 Å². The zero-order chi connectivity index (χ0) is 13.6. The normalized spacial score (nSPS) is 13.5. The molecule has 6 heteroatoms. The molecule has 1 rings (SSSR count). The number of ether oxygens (including phenoxy) is 1. The number of rotatable bonds is 7. The van der Waals surface area contributed by atoms with Gasteiger partial charge in [0.15, 0.2) is 0 Å². The fraction of sp³-hybridized carbons (Fsp3) is 0.500. The van der Waals surface area contributed by atoms with Crippen LogP contribution in [0.25, 0.3) is 0 Å². The van der Waals surface area contributed by atoms with Crippen LogP contribution < -0.4 is 10.5 Å². The topological polar surface area (TPSA) is 81.4 Å². The van der Waals surface area contributed by atoms with Gasteiger partial charge in [-0.2, -0.15) is 0 Å². The third-order valence-electron chi connectivity index (χ3n) is 2.39. The van der Waals surface area contributed by atoms with Crippen LogP contribution in [0.5, 0.6) is 0 Å². The number of benzene rings is 1. The SMILES string of the molecule is COCCNS(=O)(=O)c1ccc(CC(C)N)cc1. The van der Waals surface area contributed by atoms with Gasteiger partial charge in [0, 0.05) is 19.7 Å². The molecule has 0 aromatic heterocycles. The molecule has 0 spiro atoms. The van der Waals surface area contributed by atoms with Crippen LogP contribution >= 0.6 is 0 Å². The minimum atomic E-state index is -3.44. The molecular formula is C12H20N2O3S. The monoisotopic (exact) mass is 272 g/mol. The van der Waals surface area contributed by atoms with E-state index >= 15 is 0 Å². The number of methoxy groups -OCH3 is 1. The molecule has 0 aliphatic heterocycles. The van der Waals surface area contributed by atoms with E-state index in [-0.39, 0.29) is 17.5 Å². The summed E-state index contributed by atoms with van der Waals surface area (Å²) in [6, 6.07) is 6.81. The van der Waals surface area contributed by atoms with Gasteiger partial charge in [-0.25, -0.2) is 13.1 Å². The molecule has 0 radical (unpaired) electrons. The summed E-state index contributed by atoms with van der Waals surface area (Å²) in [5.41, 5.74) is 6.71. The summed E-state index contributed by atoms with van der Waals surface area (Å²) in [7, 11) is -1.91. The fourth-order valence-electron chi connectivity index (χ4n) is 1.54. The second-order valence-corrected chi connectivity index (χ2v) is 5.98. The third-order valence-corrected chi connectivity index (χ3v) is 3.87. The number of nitrogens with two attached hydrogens (primary N) is 1. The summed E-state index contributed by atoms with van der Waals surface area (Å²) in [6.45, 7) is 2.53. The first-order chi connectivity index (χ1) is 8.45. The Labute approximate surface area is 108 Å². The van der Waals surface area contributed by atoms with Crippen molar-refractivity contribution < 1.29 is 13.2 Å². The predicted octanol–water partition coefficient (Wildman–Crippen LogP) is 0.501. The fourth-order valence-corrected chi connectivity index (χ4v) is 2.55. The molecular weight excluding hydrogens is 252 g/mol. The molecule has 0 aliphatic rings. The van der Waals surface area contributed by atoms with Crippen molar-refractivity contribution in [1.82, 2.24) is 4.72 Å². The van der Waals surface area contributed by atoms with E-state index in [0.717, 1.165) is 12.0 Å². The van der Waals surface area contributed by atoms with Crippen LogP contribution in [-0.4, -0.2) is 34.7 Å². The van der Waals surface area contributed by atoms with E-state index in [0.29, 0.717) is 6.61 Å². The molecule has 3 N–H and O–H groups in total. The van der Waals surface area contributed by atoms with E-state index in [1.807, 2.05) is 6.92 Å². The molecule has 5 nitrogen and oxygen atoms in total. The number of sulfonamides is 1. The lowest BCUT2D eigenvalue weighted by molar-refractivity contribution is 0.204. The molecule has 102 valence electrons. The summed E-state index contributed by atoms with van der Waals surface area (Å²) < 4.78 is 31.0. The molecule has 1 unspecified atom stereocenters. The first-order valence-electron chi connectivity index (χ1n) is 5.79. The average Bonchev–Trinajstić information content (AvgIpc) is 2.29. The zero-order valence-corrected chi connectivity index (χ0v) is 11.5. The summed E-state index contributed by atoms with van der Waals surface area (Å²) in [6.07, 6.45) is 0.734. The Kier molecular flexibility index (Phi) is 5.74. The Hall–Kier alpha value is -0.950. The van der Waals surface area contributed by atoms with Gasteiger partial charge in [-0.15, -0.1) is 0 Å². The van der Waals surface area contributed by atoms with E-state index in [2.05, 4.69) is 4.72 Å². The minimum Gasteiger partial charge on any atom is -0.383 e. The van der Waals surface area contributed by atoms with Gasteiger partial charge in [0.1, 0.15) is 0 Å². The maximum Gasteiger partial charge on any atom is 0.240 e. The van der Waals surface area contributed by atoms with Crippen molar-refractivity contribution in [2.24, 2.45) is 5.73 Å². The first-order valence-corrected chi connectivity index (χ1v) is 7.27. The van der Waals surface area contributed by atoms with Crippen molar-refractivity contribution in [3.63, 3.8) is 0 Å². The number of hydrogen-bond donors (Lipinski definition) is 2. The van der Waals surface area contributed by atoms with Gasteiger partial charge < -0.3 is 10.5 Å². The minimum absolute atomic E-state index is 0.0623. The highest BCUT2D eigenvalue weighted by atomic mass is 32.2. The van der Waals surface area contributed by atoms with Crippen LogP contribution in [0.4, 0.5) is 0 Å². The van der Waals surface area contributed by atoms with Gasteiger partial charge in [0.25, 0.3) is 0 Å². The quantitative estimate of drug-likeness (QED) is 0.708. The van der Waals surface area contributed by atoms with Gasteiger partial charge in [0.05, 0.1) is 11.5 Å². The highest BCUT2D eigenvalue weighted by Crippen LogP contribution is 2.11. The summed E-state index contributed by atoms with van der Waals surface area (Å²) >= 11 is 0. The lowest BCUT2D eigenvalue weighted by Gasteiger charge is -2.08. The molecule has 0 fully saturated rings. The van der Waals surface area contributed by atoms with Crippen molar-refractivity contribution in [2.75, 3.05) is 20.3 Å². The zero-order valence-electron chi connectivity index (χ0n) is 10.7. The van der Waals surface area contributed by atoms with Crippen molar-refractivity contribution in [3.8, 4) is 0 Å². The molecule has 0 bridgehead atoms. The maximum absolute atomic E-state index is 11.8. The summed E-state index contributed by atoms with van der Waals surface area (Å²) in [4.78, 5) is 0.257. The predicted molar refractivity (Wildman–Crippen MR) is 70.9 cm³/mol. The average molecular weight is 272 g/mol. The van der Waals surface area contributed by atoms with Crippen molar-refractivity contribution in [3.05, 3.63) is 29.8 Å². The lowest BCUT2D eigenvalue weighted by Crippen LogP contribution is -2.27. The van der Waals surface area contributed by atoms with Crippen molar-refractivity contribution in [1.29, 1.82) is 0 Å². The van der Waals surface area contributed by atoms with Crippen LogP contribution in [0.15, 0.2) is 29.2 Å². The van der Waals surface area contributed by atoms with Crippen LogP contribution in [0, 0.1) is 0 Å². The Morgan fingerprint density at radius 2 is 1.94 bits per heavy atom. The smallest absolute Gasteiger partial charge is 0.240 e. The van der Waals surface area contributed by atoms with E-state index in [9.17, 15) is 8.42 Å². The molecule has 0 saturated heterocycles. The highest BCUT2D eigenvalue weighted by molar-refractivity contribution is 7.89. The molecule has 1 aromatic carbocycles. The molecule has 0 saturated carbocycles. The largest absolute Gasteiger partial charge is 0.383 e. The Balaban J connectivity index is 2.71. The second kappa shape index (κ2) is 6.84. The first kappa shape index (κ1) is 15.1. The van der Waals surface area contributed by atoms with E-state index < -0.39 is 10.0 Å². The van der Waals surface area contributed by atoms with E-state index in [1.165, 1.54) is 7.11 Å². The van der Waals surface area contributed by atoms with Crippen LogP contribution in [0.1, 0.15) is 12.5 Å². The standard InChI is InChI=1S/C12H20N2O3S/c1-10(13)9-11-3-5-12(6-4-11)18(15,16)14-7-8-17-2/h3-6,10,14H,7-9,13H2,1-2H3. The molecule has 0 amide bonds. The molecule has 1 atom stereocenters. The Bertz CT molecular complexity index is 455. The number of hydrogen-bond acceptors (Lipinski definition) is 4. The van der Waals surface area contributed by atoms with Crippen molar-refractivity contribution >= 4 is 10.0 Å². The van der Waals surface area contributed by atoms with Gasteiger partial charge in [-0.3, -0.25) is 0 Å². The van der Waals surface area contributed by atoms with Crippen LogP contribution in [0.2, 0.25) is 0 Å². The maximum atomic E-state index is 11.8. The Morgan fingerprint density at radius 3 is 2.44 bits per heavy atom. The van der Waals surface area contributed by atoms with Gasteiger partial charge in [-0.05, 0) is 31.0 Å². The van der Waals surface area contributed by atoms with E-state index in [1.54, 1.807) is 24.3 Å². The highest BCUT2D eigenvalue weighted by Gasteiger charge is 2.12. The molecule has 0 aliphatic carbocycles. The lowest BCUT2D eigenvalue weighted by atomic mass is 10.1.